The molecule has 0 radical (unpaired) electrons. The van der Waals surface area contributed by atoms with Crippen LogP contribution < -0.4 is 5.32 Å². The van der Waals surface area contributed by atoms with Gasteiger partial charge >= 0.3 is 0 Å². The van der Waals surface area contributed by atoms with Gasteiger partial charge in [0, 0.05) is 25.7 Å². The number of fused-ring (bicyclic) bond motifs is 1. The summed E-state index contributed by atoms with van der Waals surface area (Å²) >= 11 is 0. The van der Waals surface area contributed by atoms with Crippen molar-refractivity contribution in [3.63, 3.8) is 0 Å². The molecule has 1 fully saturated rings. The molecule has 0 spiro atoms. The summed E-state index contributed by atoms with van der Waals surface area (Å²) in [4.78, 5) is 2.47. The minimum atomic E-state index is 0.190. The third-order valence-electron chi connectivity index (χ3n) is 5.20. The van der Waals surface area contributed by atoms with E-state index in [0.717, 1.165) is 36.4 Å². The molecule has 7 nitrogen and oxygen atoms in total. The largest absolute Gasteiger partial charge is 0.507 e. The molecule has 3 aromatic rings. The minimum Gasteiger partial charge on any atom is -0.507 e. The zero-order chi connectivity index (χ0) is 18.1. The summed E-state index contributed by atoms with van der Waals surface area (Å²) in [5, 5.41) is 27.8. The highest BCUT2D eigenvalue weighted by Gasteiger charge is 2.22. The average Bonchev–Trinajstić information content (AvgIpc) is 3.28. The number of aryl methyl sites for hydroxylation is 1. The third kappa shape index (κ3) is 2.99. The third-order valence-corrected chi connectivity index (χ3v) is 5.20. The number of phenols is 1. The molecule has 0 aliphatic carbocycles. The van der Waals surface area contributed by atoms with Crippen molar-refractivity contribution in [1.82, 2.24) is 24.9 Å². The molecule has 1 saturated heterocycles. The van der Waals surface area contributed by atoms with E-state index in [4.69, 9.17) is 0 Å². The molecule has 1 atom stereocenters. The first-order valence-corrected chi connectivity index (χ1v) is 9.10. The fourth-order valence-corrected chi connectivity index (χ4v) is 3.69. The Balaban J connectivity index is 1.64. The van der Waals surface area contributed by atoms with Crippen LogP contribution in [0.15, 0.2) is 30.5 Å². The van der Waals surface area contributed by atoms with Gasteiger partial charge in [0.05, 0.1) is 17.1 Å². The summed E-state index contributed by atoms with van der Waals surface area (Å²) in [6.07, 6.45) is 3.02. The zero-order valence-electron chi connectivity index (χ0n) is 15.2. The maximum atomic E-state index is 10.2. The van der Waals surface area contributed by atoms with E-state index >= 15 is 0 Å². The number of aromatic nitrogens is 4. The van der Waals surface area contributed by atoms with Gasteiger partial charge in [-0.25, -0.2) is 0 Å². The number of hydrogen-bond donors (Lipinski definition) is 2. The molecule has 1 aromatic carbocycles. The van der Waals surface area contributed by atoms with Gasteiger partial charge in [-0.3, -0.25) is 4.68 Å². The van der Waals surface area contributed by atoms with E-state index in [-0.39, 0.29) is 5.75 Å². The first kappa shape index (κ1) is 16.8. The SMILES string of the molecule is CCN1CC[C@@H](CNc2nnc(-c3ccccc3O)c3c2cnn3C)C1. The molecule has 0 unspecified atom stereocenters. The predicted molar refractivity (Wildman–Crippen MR) is 102 cm³/mol. The number of para-hydroxylation sites is 1. The Kier molecular flexibility index (Phi) is 4.46. The second-order valence-corrected chi connectivity index (χ2v) is 6.87. The second kappa shape index (κ2) is 6.92. The molecule has 7 heteroatoms. The number of hydrogen-bond acceptors (Lipinski definition) is 6. The predicted octanol–water partition coefficient (Wildman–Crippen LogP) is 2.49. The smallest absolute Gasteiger partial charge is 0.159 e. The Morgan fingerprint density at radius 3 is 2.88 bits per heavy atom. The zero-order valence-corrected chi connectivity index (χ0v) is 15.2. The van der Waals surface area contributed by atoms with Crippen LogP contribution >= 0.6 is 0 Å². The summed E-state index contributed by atoms with van der Waals surface area (Å²) in [7, 11) is 1.88. The van der Waals surface area contributed by atoms with Crippen LogP contribution in [0.5, 0.6) is 5.75 Å². The Labute approximate surface area is 152 Å². The van der Waals surface area contributed by atoms with Gasteiger partial charge in [0.1, 0.15) is 11.4 Å². The van der Waals surface area contributed by atoms with E-state index in [0.29, 0.717) is 17.2 Å². The number of rotatable bonds is 5. The summed E-state index contributed by atoms with van der Waals surface area (Å²) < 4.78 is 1.78. The number of nitrogens with zero attached hydrogens (tertiary/aromatic N) is 5. The molecule has 2 aromatic heterocycles. The summed E-state index contributed by atoms with van der Waals surface area (Å²) in [6, 6.07) is 7.18. The van der Waals surface area contributed by atoms with Crippen LogP contribution in [-0.2, 0) is 7.05 Å². The van der Waals surface area contributed by atoms with Crippen molar-refractivity contribution in [3.8, 4) is 17.0 Å². The van der Waals surface area contributed by atoms with Gasteiger partial charge in [0.25, 0.3) is 0 Å². The maximum Gasteiger partial charge on any atom is 0.159 e. The van der Waals surface area contributed by atoms with Crippen molar-refractivity contribution >= 4 is 16.7 Å². The van der Waals surface area contributed by atoms with Crippen LogP contribution in [0.1, 0.15) is 13.3 Å². The van der Waals surface area contributed by atoms with E-state index in [2.05, 4.69) is 32.4 Å². The van der Waals surface area contributed by atoms with E-state index in [9.17, 15) is 5.11 Å². The second-order valence-electron chi connectivity index (χ2n) is 6.87. The molecular weight excluding hydrogens is 328 g/mol. The van der Waals surface area contributed by atoms with Crippen LogP contribution in [0.2, 0.25) is 0 Å². The number of benzene rings is 1. The van der Waals surface area contributed by atoms with Crippen LogP contribution in [0.25, 0.3) is 22.2 Å². The van der Waals surface area contributed by atoms with Gasteiger partial charge in [-0.15, -0.1) is 10.2 Å². The molecule has 1 aliphatic heterocycles. The summed E-state index contributed by atoms with van der Waals surface area (Å²) in [5.41, 5.74) is 2.17. The number of phenolic OH excluding ortho intramolecular Hbond substituents is 1. The van der Waals surface area contributed by atoms with E-state index < -0.39 is 0 Å². The van der Waals surface area contributed by atoms with Crippen LogP contribution in [0.4, 0.5) is 5.82 Å². The first-order valence-electron chi connectivity index (χ1n) is 9.10. The normalized spacial score (nSPS) is 17.8. The molecule has 0 amide bonds. The number of nitrogens with one attached hydrogen (secondary N) is 1. The molecule has 4 rings (SSSR count). The topological polar surface area (TPSA) is 79.1 Å². The number of anilines is 1. The van der Waals surface area contributed by atoms with Gasteiger partial charge in [-0.05, 0) is 37.6 Å². The summed E-state index contributed by atoms with van der Waals surface area (Å²) in [5.74, 6) is 1.57. The van der Waals surface area contributed by atoms with Gasteiger partial charge in [0.15, 0.2) is 5.82 Å². The summed E-state index contributed by atoms with van der Waals surface area (Å²) in [6.45, 7) is 6.49. The highest BCUT2D eigenvalue weighted by atomic mass is 16.3. The van der Waals surface area contributed by atoms with E-state index in [1.807, 2.05) is 25.4 Å². The maximum absolute atomic E-state index is 10.2. The van der Waals surface area contributed by atoms with Crippen molar-refractivity contribution in [2.45, 2.75) is 13.3 Å². The van der Waals surface area contributed by atoms with Crippen molar-refractivity contribution in [2.24, 2.45) is 13.0 Å². The van der Waals surface area contributed by atoms with E-state index in [1.54, 1.807) is 16.8 Å². The fourth-order valence-electron chi connectivity index (χ4n) is 3.69. The van der Waals surface area contributed by atoms with Crippen LogP contribution in [-0.4, -0.2) is 56.2 Å². The van der Waals surface area contributed by atoms with Crippen molar-refractivity contribution in [1.29, 1.82) is 0 Å². The molecule has 1 aliphatic rings. The van der Waals surface area contributed by atoms with Gasteiger partial charge in [-0.1, -0.05) is 19.1 Å². The fraction of sp³-hybridized carbons (Fsp3) is 0.421. The minimum absolute atomic E-state index is 0.190. The lowest BCUT2D eigenvalue weighted by atomic mass is 10.1. The van der Waals surface area contributed by atoms with Crippen LogP contribution in [0, 0.1) is 5.92 Å². The Bertz CT molecular complexity index is 922. The molecule has 0 saturated carbocycles. The lowest BCUT2D eigenvalue weighted by Gasteiger charge is -2.14. The molecule has 26 heavy (non-hydrogen) atoms. The lowest BCUT2D eigenvalue weighted by molar-refractivity contribution is 0.345. The molecule has 2 N–H and O–H groups in total. The number of likely N-dealkylation sites (tertiary alicyclic amines) is 1. The Morgan fingerprint density at radius 1 is 1.27 bits per heavy atom. The van der Waals surface area contributed by atoms with Crippen LogP contribution in [0.3, 0.4) is 0 Å². The van der Waals surface area contributed by atoms with Gasteiger partial charge < -0.3 is 15.3 Å². The number of aromatic hydroxyl groups is 1. The average molecular weight is 352 g/mol. The highest BCUT2D eigenvalue weighted by Crippen LogP contribution is 2.34. The molecule has 136 valence electrons. The highest BCUT2D eigenvalue weighted by molar-refractivity contribution is 5.98. The Morgan fingerprint density at radius 2 is 2.12 bits per heavy atom. The van der Waals surface area contributed by atoms with Crippen molar-refractivity contribution in [3.05, 3.63) is 30.5 Å². The molecular formula is C19H24N6O. The molecule has 3 heterocycles. The van der Waals surface area contributed by atoms with E-state index in [1.165, 1.54) is 13.0 Å². The van der Waals surface area contributed by atoms with Gasteiger partial charge in [-0.2, -0.15) is 5.10 Å². The standard InChI is InChI=1S/C19H24N6O/c1-3-25-9-8-13(12-25)10-20-19-15-11-21-24(2)18(15)17(22-23-19)14-6-4-5-7-16(14)26/h4-7,11,13,26H,3,8-10,12H2,1-2H3,(H,20,23)/t13-/m0/s1. The van der Waals surface area contributed by atoms with Gasteiger partial charge in [0.2, 0.25) is 0 Å². The monoisotopic (exact) mass is 352 g/mol. The lowest BCUT2D eigenvalue weighted by Crippen LogP contribution is -2.22. The van der Waals surface area contributed by atoms with Crippen molar-refractivity contribution < 1.29 is 5.11 Å². The van der Waals surface area contributed by atoms with Crippen molar-refractivity contribution in [2.75, 3.05) is 31.5 Å². The molecule has 0 bridgehead atoms. The Hall–Kier alpha value is -2.67. The quantitative estimate of drug-likeness (QED) is 0.734. The first-order chi connectivity index (χ1) is 12.7.